The first-order valence-corrected chi connectivity index (χ1v) is 2.10. The molecule has 3 nitrogen and oxygen atoms in total. The van der Waals surface area contributed by atoms with Crippen LogP contribution in [-0.4, -0.2) is 12.0 Å². The summed E-state index contributed by atoms with van der Waals surface area (Å²) in [5.74, 6) is 0. The van der Waals surface area contributed by atoms with Gasteiger partial charge in [0.25, 0.3) is 0 Å². The Morgan fingerprint density at radius 1 is 1.83 bits per heavy atom. The molecule has 1 N–H and O–H groups in total. The van der Waals surface area contributed by atoms with Gasteiger partial charge in [0, 0.05) is 4.57 Å². The van der Waals surface area contributed by atoms with Gasteiger partial charge in [0.1, 0.15) is 0 Å². The molecule has 0 aromatic heterocycles. The van der Waals surface area contributed by atoms with Gasteiger partial charge in [-0.15, -0.1) is 21.8 Å². The number of halogens is 1. The molecule has 0 aliphatic rings. The lowest BCUT2D eigenvalue weighted by Crippen LogP contribution is -1.57. The molecule has 0 radical (unpaired) electrons. The van der Waals surface area contributed by atoms with Crippen molar-refractivity contribution in [2.75, 3.05) is 7.11 Å². The lowest BCUT2D eigenvalue weighted by Gasteiger charge is -1.55. The average molecular weight is 131 g/mol. The van der Waals surface area contributed by atoms with Gasteiger partial charge in [-0.05, 0) is 0 Å². The van der Waals surface area contributed by atoms with Crippen LogP contribution < -0.4 is 0 Å². The van der Waals surface area contributed by atoms with E-state index in [0.717, 1.165) is 0 Å². The fourth-order valence-electron chi connectivity index (χ4n) is 0. The second-order valence-electron chi connectivity index (χ2n) is 0.420. The van der Waals surface area contributed by atoms with Crippen molar-refractivity contribution in [3.05, 3.63) is 0 Å². The fraction of sp³-hybridized carbons (Fsp3) is 1.00. The summed E-state index contributed by atoms with van der Waals surface area (Å²) in [6.07, 6.45) is 0. The van der Waals surface area contributed by atoms with Gasteiger partial charge in [-0.1, -0.05) is 0 Å². The summed E-state index contributed by atoms with van der Waals surface area (Å²) in [5, 5.41) is 0. The van der Waals surface area contributed by atoms with Crippen LogP contribution in [0.5, 0.6) is 0 Å². The number of hydrogen-bond acceptors (Lipinski definition) is 2. The maximum atomic E-state index is 9.29. The van der Waals surface area contributed by atoms with Crippen molar-refractivity contribution < 1.29 is 14.0 Å². The summed E-state index contributed by atoms with van der Waals surface area (Å²) < 4.78 is 13.1. The second kappa shape index (κ2) is 5.31. The van der Waals surface area contributed by atoms with Crippen molar-refractivity contribution >= 4 is 20.7 Å². The highest BCUT2D eigenvalue weighted by Crippen LogP contribution is 2.09. The van der Waals surface area contributed by atoms with Crippen LogP contribution in [0.2, 0.25) is 0 Å². The zero-order chi connectivity index (χ0) is 4.28. The first kappa shape index (κ1) is 9.58. The fourth-order valence-corrected chi connectivity index (χ4v) is 0. The largest absolute Gasteiger partial charge is 0.694 e. The lowest BCUT2D eigenvalue weighted by atomic mass is 11.8. The van der Waals surface area contributed by atoms with E-state index in [1.165, 1.54) is 7.11 Å². The molecule has 0 aliphatic carbocycles. The van der Waals surface area contributed by atoms with Crippen LogP contribution in [0.25, 0.3) is 0 Å². The van der Waals surface area contributed by atoms with Crippen LogP contribution in [0.4, 0.5) is 0 Å². The Labute approximate surface area is 42.7 Å². The third-order valence-electron chi connectivity index (χ3n) is 0.156. The molecular weight excluding hydrogens is 126 g/mol. The van der Waals surface area contributed by atoms with Gasteiger partial charge in [-0.2, -0.15) is 0 Å². The Balaban J connectivity index is 0. The molecular formula is CH5ClO3P+. The Morgan fingerprint density at radius 3 is 2.00 bits per heavy atom. The van der Waals surface area contributed by atoms with Crippen LogP contribution >= 0.6 is 20.7 Å². The van der Waals surface area contributed by atoms with E-state index in [4.69, 9.17) is 4.89 Å². The molecule has 6 heavy (non-hydrogen) atoms. The van der Waals surface area contributed by atoms with E-state index in [-0.39, 0.29) is 12.4 Å². The summed E-state index contributed by atoms with van der Waals surface area (Å²) in [6.45, 7) is 0. The van der Waals surface area contributed by atoms with E-state index < -0.39 is 8.25 Å². The molecule has 0 fully saturated rings. The van der Waals surface area contributed by atoms with Crippen molar-refractivity contribution in [1.82, 2.24) is 0 Å². The highest BCUT2D eigenvalue weighted by Gasteiger charge is 2.02. The molecule has 0 spiro atoms. The topological polar surface area (TPSA) is 46.5 Å². The van der Waals surface area contributed by atoms with Crippen molar-refractivity contribution in [3.63, 3.8) is 0 Å². The van der Waals surface area contributed by atoms with E-state index in [2.05, 4.69) is 4.52 Å². The molecule has 0 amide bonds. The van der Waals surface area contributed by atoms with Crippen LogP contribution in [-0.2, 0) is 9.09 Å². The third-order valence-corrected chi connectivity index (χ3v) is 0.469. The molecule has 5 heteroatoms. The summed E-state index contributed by atoms with van der Waals surface area (Å²) >= 11 is 0. The lowest BCUT2D eigenvalue weighted by molar-refractivity contribution is 0.343. The van der Waals surface area contributed by atoms with E-state index in [1.54, 1.807) is 0 Å². The Bertz CT molecular complexity index is 46.1. The highest BCUT2D eigenvalue weighted by atomic mass is 35.5. The average Bonchev–Trinajstić information content (AvgIpc) is 1.38. The predicted octanol–water partition coefficient (Wildman–Crippen LogP) is 0.704. The predicted molar refractivity (Wildman–Crippen MR) is 24.1 cm³/mol. The maximum absolute atomic E-state index is 9.29. The second-order valence-corrected chi connectivity index (χ2v) is 1.26. The van der Waals surface area contributed by atoms with Crippen molar-refractivity contribution in [2.45, 2.75) is 0 Å². The molecule has 0 aliphatic heterocycles. The van der Waals surface area contributed by atoms with Gasteiger partial charge in [0.15, 0.2) is 0 Å². The molecule has 0 aromatic carbocycles. The Morgan fingerprint density at radius 2 is 2.00 bits per heavy atom. The number of rotatable bonds is 1. The minimum absolute atomic E-state index is 0. The zero-order valence-electron chi connectivity index (χ0n) is 3.12. The van der Waals surface area contributed by atoms with Crippen LogP contribution in [0.1, 0.15) is 0 Å². The van der Waals surface area contributed by atoms with Gasteiger partial charge in [0.05, 0.1) is 7.11 Å². The van der Waals surface area contributed by atoms with Crippen LogP contribution in [0.15, 0.2) is 0 Å². The summed E-state index contributed by atoms with van der Waals surface area (Å²) in [7, 11) is -1.18. The molecule has 0 heterocycles. The van der Waals surface area contributed by atoms with E-state index >= 15 is 0 Å². The van der Waals surface area contributed by atoms with Gasteiger partial charge in [-0.25, -0.2) is 0 Å². The first-order chi connectivity index (χ1) is 2.27. The summed E-state index contributed by atoms with van der Waals surface area (Å²) in [6, 6.07) is 0. The molecule has 0 rings (SSSR count). The number of hydrogen-bond donors (Lipinski definition) is 1. The molecule has 0 saturated carbocycles. The quantitative estimate of drug-likeness (QED) is 0.533. The smallest absolute Gasteiger partial charge is 0.147 e. The minimum Gasteiger partial charge on any atom is -0.147 e. The summed E-state index contributed by atoms with van der Waals surface area (Å²) in [5.41, 5.74) is 0. The minimum atomic E-state index is -2.35. The third kappa shape index (κ3) is 8.85. The molecule has 1 unspecified atom stereocenters. The van der Waals surface area contributed by atoms with E-state index in [9.17, 15) is 4.57 Å². The molecule has 0 bridgehead atoms. The molecule has 0 aromatic rings. The zero-order valence-corrected chi connectivity index (χ0v) is 4.83. The van der Waals surface area contributed by atoms with E-state index in [1.807, 2.05) is 0 Å². The summed E-state index contributed by atoms with van der Waals surface area (Å²) in [4.78, 5) is 7.65. The molecule has 1 atom stereocenters. The van der Waals surface area contributed by atoms with Gasteiger partial charge >= 0.3 is 8.25 Å². The van der Waals surface area contributed by atoms with Gasteiger partial charge in [0.2, 0.25) is 0 Å². The van der Waals surface area contributed by atoms with Gasteiger partial charge < -0.3 is 0 Å². The Kier molecular flexibility index (Phi) is 8.48. The van der Waals surface area contributed by atoms with Gasteiger partial charge in [-0.3, -0.25) is 0 Å². The standard InChI is InChI=1S/CH3O3P.ClH/c1-4-5(2)3;/h1H3;1H/p+1. The highest BCUT2D eigenvalue weighted by molar-refractivity contribution is 7.32. The van der Waals surface area contributed by atoms with Crippen molar-refractivity contribution in [3.8, 4) is 0 Å². The van der Waals surface area contributed by atoms with Crippen LogP contribution in [0.3, 0.4) is 0 Å². The van der Waals surface area contributed by atoms with Crippen molar-refractivity contribution in [2.24, 2.45) is 0 Å². The monoisotopic (exact) mass is 131 g/mol. The molecule has 0 saturated heterocycles. The van der Waals surface area contributed by atoms with Crippen LogP contribution in [0, 0.1) is 0 Å². The molecule has 38 valence electrons. The van der Waals surface area contributed by atoms with Crippen molar-refractivity contribution in [1.29, 1.82) is 0 Å². The first-order valence-electron chi connectivity index (χ1n) is 0.973. The maximum Gasteiger partial charge on any atom is 0.694 e. The Hall–Kier alpha value is 0.310. The SMILES string of the molecule is CO[P+](=O)O.Cl. The normalized spacial score (nSPS) is 9.33. The van der Waals surface area contributed by atoms with E-state index in [0.29, 0.717) is 0 Å².